The minimum Gasteiger partial charge on any atom is -0.505 e. The topological polar surface area (TPSA) is 70.9 Å². The van der Waals surface area contributed by atoms with Crippen LogP contribution in [0.15, 0.2) is 67.0 Å². The molecule has 0 spiro atoms. The van der Waals surface area contributed by atoms with Gasteiger partial charge in [-0.3, -0.25) is 4.98 Å². The lowest BCUT2D eigenvalue weighted by Gasteiger charge is -2.21. The Morgan fingerprint density at radius 2 is 1.78 bits per heavy atom. The van der Waals surface area contributed by atoms with Gasteiger partial charge in [-0.25, -0.2) is 9.97 Å². The highest BCUT2D eigenvalue weighted by molar-refractivity contribution is 5.86. The third-order valence-electron chi connectivity index (χ3n) is 4.51. The molecule has 5 heteroatoms. The Kier molecular flexibility index (Phi) is 4.42. The lowest BCUT2D eigenvalue weighted by Crippen LogP contribution is -2.15. The van der Waals surface area contributed by atoms with Crippen molar-refractivity contribution >= 4 is 16.7 Å². The molecule has 4 aromatic rings. The zero-order valence-electron chi connectivity index (χ0n) is 15.2. The number of aromatic nitrogens is 3. The summed E-state index contributed by atoms with van der Waals surface area (Å²) in [6.07, 6.45) is 3.51. The summed E-state index contributed by atoms with van der Waals surface area (Å²) in [6.45, 7) is 3.93. The summed E-state index contributed by atoms with van der Waals surface area (Å²) in [5.74, 6) is 0.884. The van der Waals surface area contributed by atoms with Gasteiger partial charge in [0, 0.05) is 29.0 Å². The van der Waals surface area contributed by atoms with Gasteiger partial charge in [-0.15, -0.1) is 0 Å². The first-order chi connectivity index (χ1) is 13.1. The number of phenolic OH excluding ortho intramolecular Hbond substituents is 1. The van der Waals surface area contributed by atoms with E-state index in [9.17, 15) is 5.11 Å². The van der Waals surface area contributed by atoms with Crippen LogP contribution in [0.4, 0.5) is 5.82 Å². The first kappa shape index (κ1) is 17.0. The fourth-order valence-corrected chi connectivity index (χ4v) is 3.14. The molecule has 134 valence electrons. The van der Waals surface area contributed by atoms with Crippen molar-refractivity contribution in [1.82, 2.24) is 15.0 Å². The third-order valence-corrected chi connectivity index (χ3v) is 4.51. The van der Waals surface area contributed by atoms with Crippen molar-refractivity contribution in [2.24, 2.45) is 0 Å². The van der Waals surface area contributed by atoms with E-state index in [4.69, 9.17) is 0 Å². The molecule has 0 fully saturated rings. The van der Waals surface area contributed by atoms with E-state index >= 15 is 0 Å². The SMILES string of the molecule is Cc1ccnc(N[C@H](c2ccccn2)c2ccc3ccc(C)nc3c2O)c1. The second kappa shape index (κ2) is 7.03. The molecule has 4 rings (SSSR count). The minimum atomic E-state index is -0.354. The van der Waals surface area contributed by atoms with Gasteiger partial charge in [0.1, 0.15) is 17.1 Å². The number of fused-ring (bicyclic) bond motifs is 1. The summed E-state index contributed by atoms with van der Waals surface area (Å²) in [4.78, 5) is 13.4. The maximum absolute atomic E-state index is 11.0. The molecule has 0 aliphatic carbocycles. The summed E-state index contributed by atoms with van der Waals surface area (Å²) >= 11 is 0. The van der Waals surface area contributed by atoms with E-state index in [2.05, 4.69) is 20.3 Å². The number of phenols is 1. The smallest absolute Gasteiger partial charge is 0.147 e. The average Bonchev–Trinajstić information content (AvgIpc) is 2.68. The van der Waals surface area contributed by atoms with Crippen LogP contribution in [0.1, 0.15) is 28.6 Å². The summed E-state index contributed by atoms with van der Waals surface area (Å²) < 4.78 is 0. The molecule has 1 atom stereocenters. The van der Waals surface area contributed by atoms with Gasteiger partial charge < -0.3 is 10.4 Å². The first-order valence-corrected chi connectivity index (χ1v) is 8.81. The summed E-state index contributed by atoms with van der Waals surface area (Å²) in [5, 5.41) is 15.3. The van der Waals surface area contributed by atoms with Crippen molar-refractivity contribution < 1.29 is 5.11 Å². The summed E-state index contributed by atoms with van der Waals surface area (Å²) in [5.41, 5.74) is 4.06. The molecule has 0 aliphatic heterocycles. The van der Waals surface area contributed by atoms with Gasteiger partial charge in [0.15, 0.2) is 0 Å². The number of hydrogen-bond acceptors (Lipinski definition) is 5. The summed E-state index contributed by atoms with van der Waals surface area (Å²) in [7, 11) is 0. The highest BCUT2D eigenvalue weighted by Crippen LogP contribution is 2.35. The second-order valence-electron chi connectivity index (χ2n) is 6.58. The van der Waals surface area contributed by atoms with Gasteiger partial charge in [-0.1, -0.05) is 24.3 Å². The molecule has 1 aromatic carbocycles. The molecule has 0 radical (unpaired) electrons. The Morgan fingerprint density at radius 1 is 0.926 bits per heavy atom. The third kappa shape index (κ3) is 3.44. The van der Waals surface area contributed by atoms with Crippen LogP contribution in [0.5, 0.6) is 5.75 Å². The Morgan fingerprint density at radius 3 is 2.56 bits per heavy atom. The van der Waals surface area contributed by atoms with Crippen LogP contribution in [-0.2, 0) is 0 Å². The van der Waals surface area contributed by atoms with E-state index in [1.54, 1.807) is 12.4 Å². The number of rotatable bonds is 4. The number of aromatic hydroxyl groups is 1. The highest BCUT2D eigenvalue weighted by atomic mass is 16.3. The quantitative estimate of drug-likeness (QED) is 0.561. The normalized spacial score (nSPS) is 12.1. The van der Waals surface area contributed by atoms with Crippen LogP contribution in [0.2, 0.25) is 0 Å². The predicted octanol–water partition coefficient (Wildman–Crippen LogP) is 4.55. The number of nitrogens with zero attached hydrogens (tertiary/aromatic N) is 3. The van der Waals surface area contributed by atoms with E-state index in [0.717, 1.165) is 28.2 Å². The van der Waals surface area contributed by atoms with Crippen molar-refractivity contribution in [2.75, 3.05) is 5.32 Å². The van der Waals surface area contributed by atoms with E-state index in [-0.39, 0.29) is 11.8 Å². The Bertz CT molecular complexity index is 1100. The molecule has 3 heterocycles. The van der Waals surface area contributed by atoms with Gasteiger partial charge >= 0.3 is 0 Å². The predicted molar refractivity (Wildman–Crippen MR) is 107 cm³/mol. The molecule has 0 bridgehead atoms. The standard InChI is InChI=1S/C22H20N4O/c1-14-10-12-24-19(13-14)26-21(18-5-3-4-11-23-18)17-9-8-16-7-6-15(2)25-20(16)22(17)27/h3-13,21,27H,1-2H3,(H,24,26)/t21-/m0/s1. The number of nitrogens with one attached hydrogen (secondary N) is 1. The van der Waals surface area contributed by atoms with Gasteiger partial charge in [0.05, 0.1) is 11.7 Å². The molecule has 5 nitrogen and oxygen atoms in total. The van der Waals surface area contributed by atoms with Gasteiger partial charge in [-0.2, -0.15) is 0 Å². The highest BCUT2D eigenvalue weighted by Gasteiger charge is 2.21. The lowest BCUT2D eigenvalue weighted by molar-refractivity contribution is 0.471. The zero-order chi connectivity index (χ0) is 18.8. The van der Waals surface area contributed by atoms with Crippen LogP contribution < -0.4 is 5.32 Å². The molecule has 27 heavy (non-hydrogen) atoms. The lowest BCUT2D eigenvalue weighted by atomic mass is 9.99. The molecule has 3 aromatic heterocycles. The molecule has 0 unspecified atom stereocenters. The first-order valence-electron chi connectivity index (χ1n) is 8.81. The van der Waals surface area contributed by atoms with E-state index < -0.39 is 0 Å². The number of pyridine rings is 3. The molecule has 0 saturated heterocycles. The van der Waals surface area contributed by atoms with Crippen molar-refractivity contribution in [3.63, 3.8) is 0 Å². The number of aryl methyl sites for hydroxylation is 2. The second-order valence-corrected chi connectivity index (χ2v) is 6.58. The maximum Gasteiger partial charge on any atom is 0.147 e. The number of anilines is 1. The monoisotopic (exact) mass is 356 g/mol. The Hall–Kier alpha value is -3.47. The molecule has 2 N–H and O–H groups in total. The van der Waals surface area contributed by atoms with Crippen molar-refractivity contribution in [2.45, 2.75) is 19.9 Å². The van der Waals surface area contributed by atoms with Crippen LogP contribution in [0.25, 0.3) is 10.9 Å². The number of benzene rings is 1. The molecular formula is C22H20N4O. The van der Waals surface area contributed by atoms with Gasteiger partial charge in [0.2, 0.25) is 0 Å². The van der Waals surface area contributed by atoms with Crippen LogP contribution >= 0.6 is 0 Å². The molecule has 0 saturated carbocycles. The number of hydrogen-bond donors (Lipinski definition) is 2. The fourth-order valence-electron chi connectivity index (χ4n) is 3.14. The van der Waals surface area contributed by atoms with E-state index in [0.29, 0.717) is 11.1 Å². The Labute approximate surface area is 157 Å². The van der Waals surface area contributed by atoms with Crippen molar-refractivity contribution in [3.8, 4) is 5.75 Å². The van der Waals surface area contributed by atoms with E-state index in [1.165, 1.54) is 0 Å². The van der Waals surface area contributed by atoms with Crippen LogP contribution in [0, 0.1) is 13.8 Å². The van der Waals surface area contributed by atoms with Crippen molar-refractivity contribution in [1.29, 1.82) is 0 Å². The summed E-state index contributed by atoms with van der Waals surface area (Å²) in [6, 6.07) is 17.1. The fraction of sp³-hybridized carbons (Fsp3) is 0.136. The average molecular weight is 356 g/mol. The van der Waals surface area contributed by atoms with Crippen LogP contribution in [-0.4, -0.2) is 20.1 Å². The molecular weight excluding hydrogens is 336 g/mol. The minimum absolute atomic E-state index is 0.159. The molecule has 0 amide bonds. The van der Waals surface area contributed by atoms with Crippen LogP contribution in [0.3, 0.4) is 0 Å². The van der Waals surface area contributed by atoms with Gasteiger partial charge in [0.25, 0.3) is 0 Å². The maximum atomic E-state index is 11.0. The largest absolute Gasteiger partial charge is 0.505 e. The zero-order valence-corrected chi connectivity index (χ0v) is 15.2. The Balaban J connectivity index is 1.86. The van der Waals surface area contributed by atoms with Gasteiger partial charge in [-0.05, 0) is 49.7 Å². The molecule has 0 aliphatic rings. The van der Waals surface area contributed by atoms with Crippen molar-refractivity contribution in [3.05, 3.63) is 89.5 Å². The van der Waals surface area contributed by atoms with E-state index in [1.807, 2.05) is 68.4 Å².